The fraction of sp³-hybridized carbons (Fsp3) is 0.350. The van der Waals surface area contributed by atoms with Crippen molar-refractivity contribution < 1.29 is 17.9 Å². The van der Waals surface area contributed by atoms with Crippen molar-refractivity contribution in [3.63, 3.8) is 0 Å². The minimum Gasteiger partial charge on any atom is -0.458 e. The second kappa shape index (κ2) is 7.83. The highest BCUT2D eigenvalue weighted by Crippen LogP contribution is 2.27. The molecule has 1 unspecified atom stereocenters. The van der Waals surface area contributed by atoms with Gasteiger partial charge < -0.3 is 4.74 Å². The van der Waals surface area contributed by atoms with Gasteiger partial charge in [-0.1, -0.05) is 57.2 Å². The van der Waals surface area contributed by atoms with Gasteiger partial charge in [-0.3, -0.25) is 0 Å². The lowest BCUT2D eigenvalue weighted by molar-refractivity contribution is -0.00374. The van der Waals surface area contributed by atoms with Gasteiger partial charge in [-0.2, -0.15) is 0 Å². The van der Waals surface area contributed by atoms with Crippen LogP contribution >= 0.6 is 0 Å². The molecule has 2 rings (SSSR count). The maximum atomic E-state index is 12.5. The molecule has 0 fully saturated rings. The van der Waals surface area contributed by atoms with Gasteiger partial charge in [0, 0.05) is 0 Å². The lowest BCUT2D eigenvalue weighted by Crippen LogP contribution is -2.33. The first kappa shape index (κ1) is 19.2. The Morgan fingerprint density at radius 2 is 1.48 bits per heavy atom. The zero-order valence-electron chi connectivity index (χ0n) is 14.8. The van der Waals surface area contributed by atoms with Crippen molar-refractivity contribution >= 4 is 15.8 Å². The van der Waals surface area contributed by atoms with Crippen molar-refractivity contribution in [2.24, 2.45) is 5.41 Å². The molecule has 2 aromatic carbocycles. The van der Waals surface area contributed by atoms with Crippen LogP contribution in [0.15, 0.2) is 65.6 Å². The smallest absolute Gasteiger partial charge is 0.338 e. The van der Waals surface area contributed by atoms with Gasteiger partial charge in [0.2, 0.25) is 0 Å². The first-order valence-corrected chi connectivity index (χ1v) is 9.89. The third-order valence-electron chi connectivity index (χ3n) is 3.98. The van der Waals surface area contributed by atoms with E-state index in [0.717, 1.165) is 0 Å². The van der Waals surface area contributed by atoms with Crippen LogP contribution in [-0.2, 0) is 14.6 Å². The summed E-state index contributed by atoms with van der Waals surface area (Å²) in [6.45, 7) is 5.81. The van der Waals surface area contributed by atoms with E-state index >= 15 is 0 Å². The van der Waals surface area contributed by atoms with Crippen LogP contribution in [0, 0.1) is 5.41 Å². The summed E-state index contributed by atoms with van der Waals surface area (Å²) in [6.07, 6.45) is -0.252. The Hall–Kier alpha value is -2.14. The fourth-order valence-electron chi connectivity index (χ4n) is 2.45. The maximum absolute atomic E-state index is 12.5. The lowest BCUT2D eigenvalue weighted by atomic mass is 9.87. The van der Waals surface area contributed by atoms with Crippen LogP contribution in [0.5, 0.6) is 0 Å². The van der Waals surface area contributed by atoms with Crippen molar-refractivity contribution in [1.29, 1.82) is 0 Å². The van der Waals surface area contributed by atoms with E-state index in [4.69, 9.17) is 4.74 Å². The highest BCUT2D eigenvalue weighted by atomic mass is 32.2. The molecule has 0 radical (unpaired) electrons. The monoisotopic (exact) mass is 360 g/mol. The summed E-state index contributed by atoms with van der Waals surface area (Å²) in [6, 6.07) is 17.1. The minimum atomic E-state index is -3.41. The van der Waals surface area contributed by atoms with Gasteiger partial charge in [-0.15, -0.1) is 0 Å². The van der Waals surface area contributed by atoms with Gasteiger partial charge in [0.25, 0.3) is 0 Å². The van der Waals surface area contributed by atoms with Crippen LogP contribution in [0.4, 0.5) is 0 Å². The third kappa shape index (κ3) is 5.43. The summed E-state index contributed by atoms with van der Waals surface area (Å²) in [4.78, 5) is 12.6. The van der Waals surface area contributed by atoms with Gasteiger partial charge in [0.1, 0.15) is 6.10 Å². The fourth-order valence-corrected chi connectivity index (χ4v) is 3.78. The number of carbonyl (C=O) groups is 1. The molecule has 25 heavy (non-hydrogen) atoms. The molecule has 0 aliphatic rings. The Morgan fingerprint density at radius 3 is 2.00 bits per heavy atom. The van der Waals surface area contributed by atoms with E-state index in [2.05, 4.69) is 0 Å². The molecule has 0 spiro atoms. The van der Waals surface area contributed by atoms with E-state index in [1.807, 2.05) is 26.8 Å². The molecule has 0 saturated heterocycles. The van der Waals surface area contributed by atoms with E-state index in [1.165, 1.54) is 0 Å². The second-order valence-corrected chi connectivity index (χ2v) is 9.16. The molecule has 0 aliphatic heterocycles. The summed E-state index contributed by atoms with van der Waals surface area (Å²) in [5.74, 6) is -0.501. The largest absolute Gasteiger partial charge is 0.458 e. The molecule has 134 valence electrons. The van der Waals surface area contributed by atoms with Crippen LogP contribution in [0.2, 0.25) is 0 Å². The Morgan fingerprint density at radius 1 is 0.960 bits per heavy atom. The first-order chi connectivity index (χ1) is 11.7. The number of carbonyl (C=O) groups excluding carboxylic acids is 1. The van der Waals surface area contributed by atoms with E-state index in [-0.39, 0.29) is 22.5 Å². The van der Waals surface area contributed by atoms with E-state index < -0.39 is 21.9 Å². The number of esters is 1. The summed E-state index contributed by atoms with van der Waals surface area (Å²) < 4.78 is 30.6. The molecule has 0 bridgehead atoms. The summed E-state index contributed by atoms with van der Waals surface area (Å²) >= 11 is 0. The quantitative estimate of drug-likeness (QED) is 0.727. The van der Waals surface area contributed by atoms with Crippen molar-refractivity contribution in [2.75, 3.05) is 5.75 Å². The van der Waals surface area contributed by atoms with E-state index in [0.29, 0.717) is 5.56 Å². The Bertz CT molecular complexity index is 791. The minimum absolute atomic E-state index is 0.0684. The number of hydrogen-bond donors (Lipinski definition) is 0. The van der Waals surface area contributed by atoms with Crippen LogP contribution in [0.3, 0.4) is 0 Å². The first-order valence-electron chi connectivity index (χ1n) is 8.24. The van der Waals surface area contributed by atoms with Crippen LogP contribution in [0.1, 0.15) is 37.6 Å². The van der Waals surface area contributed by atoms with Crippen molar-refractivity contribution in [3.05, 3.63) is 66.2 Å². The topological polar surface area (TPSA) is 60.4 Å². The standard InChI is InChI=1S/C20H24O4S/c1-20(2,3)18(24-19(21)16-10-6-4-7-11-16)14-15-25(22,23)17-12-8-5-9-13-17/h4-13,18H,14-15H2,1-3H3. The maximum Gasteiger partial charge on any atom is 0.338 e. The Kier molecular flexibility index (Phi) is 6.01. The average Bonchev–Trinajstić information content (AvgIpc) is 2.59. The number of rotatable bonds is 6. The molecule has 4 nitrogen and oxygen atoms in total. The molecule has 2 aromatic rings. The number of benzene rings is 2. The molecule has 0 saturated carbocycles. The molecule has 0 amide bonds. The van der Waals surface area contributed by atoms with Crippen LogP contribution in [-0.4, -0.2) is 26.2 Å². The molecule has 0 N–H and O–H groups in total. The highest BCUT2D eigenvalue weighted by molar-refractivity contribution is 7.91. The average molecular weight is 360 g/mol. The molecule has 1 atom stereocenters. The Labute approximate surface area is 149 Å². The SMILES string of the molecule is CC(C)(C)C(CCS(=O)(=O)c1ccccc1)OC(=O)c1ccccc1. The number of ether oxygens (including phenoxy) is 1. The third-order valence-corrected chi connectivity index (χ3v) is 5.74. The van der Waals surface area contributed by atoms with Gasteiger partial charge in [-0.25, -0.2) is 13.2 Å². The van der Waals surface area contributed by atoms with Gasteiger partial charge >= 0.3 is 5.97 Å². The van der Waals surface area contributed by atoms with Gasteiger partial charge in [0.15, 0.2) is 9.84 Å². The van der Waals surface area contributed by atoms with Gasteiger partial charge in [0.05, 0.1) is 16.2 Å². The number of sulfone groups is 1. The predicted octanol–water partition coefficient (Wildman–Crippen LogP) is 4.12. The molecule has 0 heterocycles. The van der Waals surface area contributed by atoms with Crippen molar-refractivity contribution in [3.8, 4) is 0 Å². The summed E-state index contributed by atoms with van der Waals surface area (Å²) in [7, 11) is -3.41. The molecular weight excluding hydrogens is 336 g/mol. The summed E-state index contributed by atoms with van der Waals surface area (Å²) in [5.41, 5.74) is 0.0964. The molecule has 5 heteroatoms. The lowest BCUT2D eigenvalue weighted by Gasteiger charge is -2.30. The highest BCUT2D eigenvalue weighted by Gasteiger charge is 2.30. The van der Waals surface area contributed by atoms with E-state index in [9.17, 15) is 13.2 Å². The second-order valence-electron chi connectivity index (χ2n) is 7.05. The van der Waals surface area contributed by atoms with Crippen molar-refractivity contribution in [2.45, 2.75) is 38.2 Å². The molecule has 0 aromatic heterocycles. The van der Waals surface area contributed by atoms with E-state index in [1.54, 1.807) is 54.6 Å². The normalized spacial score (nSPS) is 13.2. The Balaban J connectivity index is 2.10. The predicted molar refractivity (Wildman–Crippen MR) is 98.2 cm³/mol. The zero-order valence-corrected chi connectivity index (χ0v) is 15.6. The number of hydrogen-bond acceptors (Lipinski definition) is 4. The van der Waals surface area contributed by atoms with Gasteiger partial charge in [-0.05, 0) is 36.1 Å². The molecular formula is C20H24O4S. The summed E-state index contributed by atoms with van der Waals surface area (Å²) in [5, 5.41) is 0. The van der Waals surface area contributed by atoms with Crippen LogP contribution < -0.4 is 0 Å². The van der Waals surface area contributed by atoms with Crippen molar-refractivity contribution in [1.82, 2.24) is 0 Å². The molecule has 0 aliphatic carbocycles. The zero-order chi connectivity index (χ0) is 18.5. The van der Waals surface area contributed by atoms with Crippen LogP contribution in [0.25, 0.3) is 0 Å².